The molecule has 1 aromatic rings. The highest BCUT2D eigenvalue weighted by atomic mass is 79.9. The molecule has 9 heteroatoms. The number of methoxy groups -OCH3 is 1. The van der Waals surface area contributed by atoms with E-state index in [1.165, 1.54) is 17.5 Å². The van der Waals surface area contributed by atoms with Gasteiger partial charge < -0.3 is 14.8 Å². The summed E-state index contributed by atoms with van der Waals surface area (Å²) in [4.78, 5) is 12.4. The molecule has 1 aliphatic heterocycles. The van der Waals surface area contributed by atoms with E-state index in [0.29, 0.717) is 55.9 Å². The molecule has 0 aromatic heterocycles. The monoisotopic (exact) mass is 462 g/mol. The lowest BCUT2D eigenvalue weighted by Crippen LogP contribution is -2.43. The predicted molar refractivity (Wildman–Crippen MR) is 106 cm³/mol. The van der Waals surface area contributed by atoms with Gasteiger partial charge in [0.2, 0.25) is 15.9 Å². The van der Waals surface area contributed by atoms with Gasteiger partial charge in [0.15, 0.2) is 0 Å². The van der Waals surface area contributed by atoms with Crippen LogP contribution < -0.4 is 10.1 Å². The number of nitrogens with zero attached hydrogens (tertiary/aromatic N) is 1. The maximum absolute atomic E-state index is 12.8. The third-order valence-electron chi connectivity index (χ3n) is 4.55. The fourth-order valence-corrected chi connectivity index (χ4v) is 5.18. The van der Waals surface area contributed by atoms with Crippen molar-refractivity contribution in [1.82, 2.24) is 9.62 Å². The topological polar surface area (TPSA) is 84.9 Å². The molecule has 2 rings (SSSR count). The summed E-state index contributed by atoms with van der Waals surface area (Å²) in [7, 11) is -2.06. The first kappa shape index (κ1) is 22.1. The molecule has 1 heterocycles. The number of piperidine rings is 1. The molecule has 0 spiro atoms. The summed E-state index contributed by atoms with van der Waals surface area (Å²) in [5.74, 6) is 0.426. The first-order valence-electron chi connectivity index (χ1n) is 9.09. The van der Waals surface area contributed by atoms with Crippen molar-refractivity contribution in [3.63, 3.8) is 0 Å². The smallest absolute Gasteiger partial charge is 0.243 e. The summed E-state index contributed by atoms with van der Waals surface area (Å²) in [6.45, 7) is 4.49. The lowest BCUT2D eigenvalue weighted by atomic mass is 9.97. The highest BCUT2D eigenvalue weighted by Crippen LogP contribution is 2.30. The van der Waals surface area contributed by atoms with Gasteiger partial charge in [0.1, 0.15) is 5.75 Å². The first-order valence-corrected chi connectivity index (χ1v) is 11.3. The number of hydrogen-bond donors (Lipinski definition) is 1. The van der Waals surface area contributed by atoms with Crippen LogP contribution in [0.1, 0.15) is 26.2 Å². The minimum absolute atomic E-state index is 0.00395. The molecule has 0 unspecified atom stereocenters. The Hall–Kier alpha value is -1.16. The second-order valence-electron chi connectivity index (χ2n) is 6.32. The lowest BCUT2D eigenvalue weighted by Gasteiger charge is -2.30. The Bertz CT molecular complexity index is 733. The summed E-state index contributed by atoms with van der Waals surface area (Å²) in [5.41, 5.74) is 0. The van der Waals surface area contributed by atoms with E-state index >= 15 is 0 Å². The van der Waals surface area contributed by atoms with E-state index < -0.39 is 10.0 Å². The van der Waals surface area contributed by atoms with Gasteiger partial charge >= 0.3 is 0 Å². The standard InChI is InChI=1S/C18H27BrN2O5S/c1-3-26-12-4-9-20-18(22)14-7-10-21(11-8-14)27(23,24)15-5-6-17(25-2)16(19)13-15/h5-6,13-14H,3-4,7-12H2,1-2H3,(H,20,22). The van der Waals surface area contributed by atoms with Gasteiger partial charge in [-0.3, -0.25) is 4.79 Å². The quantitative estimate of drug-likeness (QED) is 0.569. The molecule has 1 fully saturated rings. The minimum Gasteiger partial charge on any atom is -0.496 e. The molecule has 0 bridgehead atoms. The summed E-state index contributed by atoms with van der Waals surface area (Å²) >= 11 is 3.32. The van der Waals surface area contributed by atoms with Gasteiger partial charge in [-0.1, -0.05) is 0 Å². The molecule has 7 nitrogen and oxygen atoms in total. The number of nitrogens with one attached hydrogen (secondary N) is 1. The maximum Gasteiger partial charge on any atom is 0.243 e. The van der Waals surface area contributed by atoms with Gasteiger partial charge in [0, 0.05) is 38.8 Å². The molecule has 27 heavy (non-hydrogen) atoms. The lowest BCUT2D eigenvalue weighted by molar-refractivity contribution is -0.126. The van der Waals surface area contributed by atoms with E-state index in [9.17, 15) is 13.2 Å². The SMILES string of the molecule is CCOCCCNC(=O)C1CCN(S(=O)(=O)c2ccc(OC)c(Br)c2)CC1. The van der Waals surface area contributed by atoms with Gasteiger partial charge in [-0.15, -0.1) is 0 Å². The van der Waals surface area contributed by atoms with Crippen molar-refractivity contribution in [1.29, 1.82) is 0 Å². The van der Waals surface area contributed by atoms with Gasteiger partial charge in [0.05, 0.1) is 16.5 Å². The number of halogens is 1. The van der Waals surface area contributed by atoms with E-state index in [0.717, 1.165) is 6.42 Å². The van der Waals surface area contributed by atoms with Crippen LogP contribution in [0.25, 0.3) is 0 Å². The van der Waals surface area contributed by atoms with Crippen molar-refractivity contribution in [2.24, 2.45) is 5.92 Å². The molecule has 0 radical (unpaired) electrons. The molecular weight excluding hydrogens is 436 g/mol. The van der Waals surface area contributed by atoms with Crippen LogP contribution in [0.3, 0.4) is 0 Å². The van der Waals surface area contributed by atoms with E-state index in [-0.39, 0.29) is 16.7 Å². The Morgan fingerprint density at radius 1 is 1.33 bits per heavy atom. The number of sulfonamides is 1. The number of ether oxygens (including phenoxy) is 2. The summed E-state index contributed by atoms with van der Waals surface area (Å²) in [5, 5.41) is 2.91. The van der Waals surface area contributed by atoms with Crippen LogP contribution >= 0.6 is 15.9 Å². The van der Waals surface area contributed by atoms with Crippen LogP contribution in [0, 0.1) is 5.92 Å². The highest BCUT2D eigenvalue weighted by Gasteiger charge is 2.32. The van der Waals surface area contributed by atoms with Crippen LogP contribution in [-0.2, 0) is 19.6 Å². The number of carbonyl (C=O) groups is 1. The molecule has 152 valence electrons. The fraction of sp³-hybridized carbons (Fsp3) is 0.611. The second kappa shape index (κ2) is 10.4. The molecule has 0 atom stereocenters. The first-order chi connectivity index (χ1) is 12.9. The molecule has 0 saturated carbocycles. The van der Waals surface area contributed by atoms with Crippen molar-refractivity contribution in [2.75, 3.05) is 40.0 Å². The van der Waals surface area contributed by atoms with Crippen LogP contribution in [0.5, 0.6) is 5.75 Å². The molecular formula is C18H27BrN2O5S. The second-order valence-corrected chi connectivity index (χ2v) is 9.11. The summed E-state index contributed by atoms with van der Waals surface area (Å²) in [6.07, 6.45) is 1.82. The number of amides is 1. The van der Waals surface area contributed by atoms with Gasteiger partial charge in [-0.25, -0.2) is 8.42 Å². The normalized spacial score (nSPS) is 16.3. The fourth-order valence-electron chi connectivity index (χ4n) is 2.99. The summed E-state index contributed by atoms with van der Waals surface area (Å²) < 4.78 is 38.1. The Morgan fingerprint density at radius 2 is 2.04 bits per heavy atom. The van der Waals surface area contributed by atoms with E-state index in [2.05, 4.69) is 21.2 Å². The van der Waals surface area contributed by atoms with Gasteiger partial charge in [-0.05, 0) is 60.3 Å². The van der Waals surface area contributed by atoms with Crippen LogP contribution in [-0.4, -0.2) is 58.6 Å². The van der Waals surface area contributed by atoms with Gasteiger partial charge in [-0.2, -0.15) is 4.31 Å². The zero-order chi connectivity index (χ0) is 19.9. The maximum atomic E-state index is 12.8. The molecule has 1 saturated heterocycles. The van der Waals surface area contributed by atoms with Crippen LogP contribution in [0.4, 0.5) is 0 Å². The van der Waals surface area contributed by atoms with E-state index in [1.807, 2.05) is 6.92 Å². The predicted octanol–water partition coefficient (Wildman–Crippen LogP) is 2.40. The van der Waals surface area contributed by atoms with Crippen molar-refractivity contribution in [2.45, 2.75) is 31.1 Å². The van der Waals surface area contributed by atoms with Crippen molar-refractivity contribution < 1.29 is 22.7 Å². The minimum atomic E-state index is -3.59. The van der Waals surface area contributed by atoms with E-state index in [1.54, 1.807) is 12.1 Å². The molecule has 1 N–H and O–H groups in total. The number of carbonyl (C=O) groups excluding carboxylic acids is 1. The van der Waals surface area contributed by atoms with Gasteiger partial charge in [0.25, 0.3) is 0 Å². The number of rotatable bonds is 9. The third-order valence-corrected chi connectivity index (χ3v) is 7.07. The van der Waals surface area contributed by atoms with Crippen LogP contribution in [0.2, 0.25) is 0 Å². The third kappa shape index (κ3) is 5.91. The zero-order valence-corrected chi connectivity index (χ0v) is 18.1. The molecule has 1 aromatic carbocycles. The molecule has 1 aliphatic rings. The Kier molecular flexibility index (Phi) is 8.53. The van der Waals surface area contributed by atoms with Crippen molar-refractivity contribution in [3.05, 3.63) is 22.7 Å². The number of hydrogen-bond acceptors (Lipinski definition) is 5. The Labute approximate surface area is 169 Å². The zero-order valence-electron chi connectivity index (χ0n) is 15.7. The highest BCUT2D eigenvalue weighted by molar-refractivity contribution is 9.10. The van der Waals surface area contributed by atoms with Crippen LogP contribution in [0.15, 0.2) is 27.6 Å². The number of benzene rings is 1. The average molecular weight is 463 g/mol. The largest absolute Gasteiger partial charge is 0.496 e. The summed E-state index contributed by atoms with van der Waals surface area (Å²) in [6, 6.07) is 4.71. The van der Waals surface area contributed by atoms with Crippen molar-refractivity contribution >= 4 is 31.9 Å². The Morgan fingerprint density at radius 3 is 2.63 bits per heavy atom. The van der Waals surface area contributed by atoms with E-state index in [4.69, 9.17) is 9.47 Å². The van der Waals surface area contributed by atoms with Crippen molar-refractivity contribution in [3.8, 4) is 5.75 Å². The molecule has 0 aliphatic carbocycles. The molecule has 1 amide bonds. The average Bonchev–Trinajstić information content (AvgIpc) is 2.67. The Balaban J connectivity index is 1.88.